The van der Waals surface area contributed by atoms with E-state index in [1.807, 2.05) is 48.5 Å². The number of hydrogen-bond donors (Lipinski definition) is 9. The lowest BCUT2D eigenvalue weighted by Gasteiger charge is -2.63. The quantitative estimate of drug-likeness (QED) is 0.0393. The second-order valence-electron chi connectivity index (χ2n) is 24.7. The van der Waals surface area contributed by atoms with Gasteiger partial charge < -0.3 is 72.7 Å². The minimum atomic E-state index is -1.39. The molecule has 7 atom stereocenters. The van der Waals surface area contributed by atoms with Gasteiger partial charge in [0, 0.05) is 141 Å². The van der Waals surface area contributed by atoms with Crippen LogP contribution in [0.3, 0.4) is 0 Å². The molecule has 8 aliphatic rings. The molecule has 486 valence electrons. The van der Waals surface area contributed by atoms with E-state index < -0.39 is 36.9 Å². The second kappa shape index (κ2) is 29.4. The molecule has 14 rings (SSSR count). The SMILES string of the molecule is CC(=O)NC1C2CC1C2C(=O)Nc1ccnc(-c2ccc(OC3CCOCC3)c(CN)c2)c1.NCc1cc(-c2cc(NC(=O)[C@H]3C[C@@H]3F)ccn2)ccc1O[C@H]1CCN(C(=O)CO)C[C@H]1F.NCc1cc(-c2cccc(NC(=O)C3CC3)c2)ccc1N1CC[C@@H](O)C1. The number of benzene rings is 4. The first kappa shape index (κ1) is 65.1. The Hall–Kier alpha value is -8.45. The first-order chi connectivity index (χ1) is 44.6. The molecule has 2 bridgehead atoms. The third-order valence-corrected chi connectivity index (χ3v) is 18.2. The van der Waals surface area contributed by atoms with Gasteiger partial charge in [0.25, 0.3) is 0 Å². The number of nitrogens with two attached hydrogens (primary N) is 3. The highest BCUT2D eigenvalue weighted by Gasteiger charge is 2.64. The Balaban J connectivity index is 0.000000143. The average Bonchev–Trinajstić information content (AvgIpc) is 0.810. The maximum atomic E-state index is 14.6. The van der Waals surface area contributed by atoms with Gasteiger partial charge in [0.15, 0.2) is 6.17 Å². The zero-order valence-corrected chi connectivity index (χ0v) is 51.5. The number of aliphatic hydroxyl groups is 2. The number of halogens is 2. The molecule has 5 amide bonds. The van der Waals surface area contributed by atoms with E-state index in [9.17, 15) is 37.9 Å². The largest absolute Gasteiger partial charge is 0.490 e. The van der Waals surface area contributed by atoms with Crippen molar-refractivity contribution in [3.8, 4) is 45.1 Å². The van der Waals surface area contributed by atoms with Crippen molar-refractivity contribution in [2.45, 2.75) is 115 Å². The maximum Gasteiger partial charge on any atom is 0.248 e. The number of rotatable bonds is 19. The Morgan fingerprint density at radius 1 is 0.630 bits per heavy atom. The Bertz CT molecular complexity index is 3640. The van der Waals surface area contributed by atoms with Gasteiger partial charge >= 0.3 is 0 Å². The normalized spacial score (nSPS) is 23.6. The molecule has 5 aliphatic carbocycles. The average molecular weight is 1260 g/mol. The lowest BCUT2D eigenvalue weighted by Crippen LogP contribution is -2.72. The van der Waals surface area contributed by atoms with E-state index in [-0.39, 0.29) is 85.1 Å². The lowest BCUT2D eigenvalue weighted by molar-refractivity contribution is -0.163. The molecule has 92 heavy (non-hydrogen) atoms. The van der Waals surface area contributed by atoms with Crippen molar-refractivity contribution < 1.29 is 57.2 Å². The summed E-state index contributed by atoms with van der Waals surface area (Å²) in [5.74, 6) is 0.564. The highest BCUT2D eigenvalue weighted by molar-refractivity contribution is 5.97. The molecule has 0 spiro atoms. The number of anilines is 4. The highest BCUT2D eigenvalue weighted by Crippen LogP contribution is 2.59. The molecule has 5 saturated carbocycles. The highest BCUT2D eigenvalue weighted by atomic mass is 19.1. The monoisotopic (exact) mass is 1260 g/mol. The van der Waals surface area contributed by atoms with E-state index in [1.165, 1.54) is 11.8 Å². The van der Waals surface area contributed by atoms with E-state index in [0.717, 1.165) is 114 Å². The molecule has 2 aromatic heterocycles. The summed E-state index contributed by atoms with van der Waals surface area (Å²) in [6.07, 6.45) is 6.04. The van der Waals surface area contributed by atoms with Gasteiger partial charge in [0.05, 0.1) is 43.2 Å². The Morgan fingerprint density at radius 2 is 1.22 bits per heavy atom. The van der Waals surface area contributed by atoms with Gasteiger partial charge in [-0.15, -0.1) is 0 Å². The van der Waals surface area contributed by atoms with Crippen molar-refractivity contribution in [3.05, 3.63) is 132 Å². The molecular formula is C69H81F2N11O10. The number of pyridine rings is 2. The molecule has 23 heteroatoms. The molecule has 21 nitrogen and oxygen atoms in total. The van der Waals surface area contributed by atoms with Crippen molar-refractivity contribution in [3.63, 3.8) is 0 Å². The number of aromatic nitrogens is 2. The number of carbonyl (C=O) groups excluding carboxylic acids is 5. The number of hydrogen-bond acceptors (Lipinski definition) is 16. The van der Waals surface area contributed by atoms with Gasteiger partial charge in [-0.2, -0.15) is 0 Å². The van der Waals surface area contributed by atoms with Gasteiger partial charge in [0.2, 0.25) is 29.5 Å². The smallest absolute Gasteiger partial charge is 0.248 e. The van der Waals surface area contributed by atoms with Crippen LogP contribution in [-0.2, 0) is 48.3 Å². The number of nitrogens with one attached hydrogen (secondary N) is 4. The molecule has 12 N–H and O–H groups in total. The minimum Gasteiger partial charge on any atom is -0.490 e. The summed E-state index contributed by atoms with van der Waals surface area (Å²) in [5.41, 5.74) is 28.8. The Kier molecular flexibility index (Phi) is 20.8. The number of nitrogens with zero attached hydrogens (tertiary/aromatic N) is 4. The molecular weight excluding hydrogens is 1180 g/mol. The van der Waals surface area contributed by atoms with Crippen LogP contribution >= 0.6 is 0 Å². The van der Waals surface area contributed by atoms with Crippen molar-refractivity contribution in [1.29, 1.82) is 0 Å². The molecule has 0 radical (unpaired) electrons. The summed E-state index contributed by atoms with van der Waals surface area (Å²) in [6.45, 7) is 4.97. The number of carbonyl (C=O) groups is 5. The molecule has 3 saturated heterocycles. The van der Waals surface area contributed by atoms with Gasteiger partial charge in [-0.1, -0.05) is 18.2 Å². The van der Waals surface area contributed by atoms with Crippen LogP contribution in [0.4, 0.5) is 31.5 Å². The molecule has 3 aliphatic heterocycles. The fourth-order valence-electron chi connectivity index (χ4n) is 12.6. The van der Waals surface area contributed by atoms with Gasteiger partial charge in [-0.05, 0) is 146 Å². The molecule has 6 aromatic rings. The van der Waals surface area contributed by atoms with Crippen LogP contribution in [0.1, 0.15) is 75.0 Å². The lowest BCUT2D eigenvalue weighted by atomic mass is 9.44. The predicted molar refractivity (Wildman–Crippen MR) is 344 cm³/mol. The third-order valence-electron chi connectivity index (χ3n) is 18.2. The zero-order valence-electron chi connectivity index (χ0n) is 51.5. The fraction of sp³-hybridized carbons (Fsp3) is 0.435. The van der Waals surface area contributed by atoms with E-state index in [1.54, 1.807) is 48.8 Å². The molecule has 5 heterocycles. The minimum absolute atomic E-state index is 0.0119. The van der Waals surface area contributed by atoms with Crippen LogP contribution < -0.4 is 52.8 Å². The van der Waals surface area contributed by atoms with Gasteiger partial charge in [-0.3, -0.25) is 33.9 Å². The van der Waals surface area contributed by atoms with E-state index >= 15 is 0 Å². The number of piperidine rings is 1. The number of likely N-dealkylation sites (tertiary alicyclic amines) is 1. The van der Waals surface area contributed by atoms with Gasteiger partial charge in [0.1, 0.15) is 36.5 Å². The maximum absolute atomic E-state index is 14.6. The number of aliphatic hydroxyl groups excluding tert-OH is 2. The van der Waals surface area contributed by atoms with Crippen LogP contribution in [0.15, 0.2) is 116 Å². The van der Waals surface area contributed by atoms with E-state index in [2.05, 4.69) is 54.3 Å². The number of alkyl halides is 2. The third kappa shape index (κ3) is 15.7. The summed E-state index contributed by atoms with van der Waals surface area (Å²) in [6, 6.07) is 32.5. The molecule has 8 fully saturated rings. The summed E-state index contributed by atoms with van der Waals surface area (Å²) in [7, 11) is 0. The predicted octanol–water partition coefficient (Wildman–Crippen LogP) is 7.02. The number of β-amino-alcohol motifs (C(OH)–C–C–N with tert-alkyl or cyclic N) is 1. The summed E-state index contributed by atoms with van der Waals surface area (Å²) in [4.78, 5) is 71.9. The summed E-state index contributed by atoms with van der Waals surface area (Å²) >= 11 is 0. The van der Waals surface area contributed by atoms with Crippen LogP contribution in [0.2, 0.25) is 0 Å². The first-order valence-corrected chi connectivity index (χ1v) is 31.8. The van der Waals surface area contributed by atoms with E-state index in [0.29, 0.717) is 61.0 Å². The van der Waals surface area contributed by atoms with Gasteiger partial charge in [-0.25, -0.2) is 8.78 Å². The standard InChI is InChI=1S/C25H30N4O4.C23H26F2N4O4.C21H25N3O2/c1-14(30)28-24-19-12-20(24)23(19)25(31)29-17-4-7-27-21(11-17)15-2-3-22(16(10-15)13-26)33-18-5-8-32-9-6-18;24-17-9-16(17)23(32)28-15-3-5-27-19(8-15)13-1-2-20(14(7-13)10-26)33-21-4-6-29(11-18(21)25)22(31)12-30;22-12-17-10-16(6-7-20(17)24-9-8-19(25)13-24)15-2-1-3-18(11-15)23-21(26)14-4-5-14/h2-4,7,10-11,18-20,23-24H,5-6,8-9,12-13,26H2,1H3,(H,28,30)(H,27,29,31);1-3,5,7-8,16-18,21,30H,4,6,9-12,26H2,(H,27,28,32);1-3,6-7,10-11,14,19,25H,4-5,8-9,12-13,22H2,(H,23,26)/t;16-,17-,18+,21-;19-/m.01/s1. The van der Waals surface area contributed by atoms with Crippen molar-refractivity contribution in [1.82, 2.24) is 20.2 Å². The fourth-order valence-corrected chi connectivity index (χ4v) is 12.6. The number of ether oxygens (including phenoxy) is 3. The summed E-state index contributed by atoms with van der Waals surface area (Å²) in [5, 5.41) is 30.4. The van der Waals surface area contributed by atoms with Crippen LogP contribution in [0.5, 0.6) is 11.5 Å². The number of amides is 5. The second-order valence-corrected chi connectivity index (χ2v) is 24.7. The van der Waals surface area contributed by atoms with Crippen LogP contribution in [0, 0.1) is 29.6 Å². The van der Waals surface area contributed by atoms with Crippen LogP contribution in [-0.4, -0.2) is 137 Å². The summed E-state index contributed by atoms with van der Waals surface area (Å²) < 4.78 is 45.2. The van der Waals surface area contributed by atoms with Crippen molar-refractivity contribution in [2.24, 2.45) is 46.8 Å². The molecule has 4 aromatic carbocycles. The van der Waals surface area contributed by atoms with Crippen molar-refractivity contribution >= 4 is 52.3 Å². The molecule has 2 unspecified atom stereocenters. The Morgan fingerprint density at radius 3 is 1.78 bits per heavy atom. The first-order valence-electron chi connectivity index (χ1n) is 31.8. The van der Waals surface area contributed by atoms with Crippen molar-refractivity contribution in [2.75, 3.05) is 66.8 Å². The van der Waals surface area contributed by atoms with Crippen LogP contribution in [0.25, 0.3) is 33.6 Å². The topological polar surface area (TPSA) is 312 Å². The zero-order chi connectivity index (χ0) is 64.6. The van der Waals surface area contributed by atoms with E-state index in [4.69, 9.17) is 36.5 Å². The Labute approximate surface area is 533 Å².